The van der Waals surface area contributed by atoms with Crippen molar-refractivity contribution in [3.05, 3.63) is 12.4 Å². The van der Waals surface area contributed by atoms with Gasteiger partial charge in [-0.3, -0.25) is 4.68 Å². The molecule has 1 aromatic rings. The van der Waals surface area contributed by atoms with Crippen LogP contribution < -0.4 is 5.32 Å². The van der Waals surface area contributed by atoms with Crippen LogP contribution in [0.3, 0.4) is 0 Å². The molecule has 3 nitrogen and oxygen atoms in total. The molecule has 12 heavy (non-hydrogen) atoms. The van der Waals surface area contributed by atoms with Crippen LogP contribution in [0.1, 0.15) is 19.8 Å². The molecule has 0 amide bonds. The van der Waals surface area contributed by atoms with Crippen LogP contribution in [0.25, 0.3) is 0 Å². The van der Waals surface area contributed by atoms with E-state index in [-0.39, 0.29) is 0 Å². The van der Waals surface area contributed by atoms with Gasteiger partial charge in [-0.05, 0) is 25.7 Å². The van der Waals surface area contributed by atoms with Gasteiger partial charge < -0.3 is 5.32 Å². The van der Waals surface area contributed by atoms with E-state index in [1.54, 1.807) is 0 Å². The van der Waals surface area contributed by atoms with Gasteiger partial charge in [0.1, 0.15) is 0 Å². The van der Waals surface area contributed by atoms with Gasteiger partial charge in [0.15, 0.2) is 0 Å². The summed E-state index contributed by atoms with van der Waals surface area (Å²) in [5, 5.41) is 7.54. The van der Waals surface area contributed by atoms with Gasteiger partial charge in [-0.25, -0.2) is 0 Å². The van der Waals surface area contributed by atoms with E-state index in [4.69, 9.17) is 0 Å². The van der Waals surface area contributed by atoms with E-state index < -0.39 is 0 Å². The van der Waals surface area contributed by atoms with E-state index in [1.807, 2.05) is 24.1 Å². The molecule has 1 aliphatic carbocycles. The zero-order chi connectivity index (χ0) is 8.55. The van der Waals surface area contributed by atoms with E-state index in [1.165, 1.54) is 12.8 Å². The summed E-state index contributed by atoms with van der Waals surface area (Å²) in [4.78, 5) is 0. The number of aryl methyl sites for hydroxylation is 1. The molecule has 3 heteroatoms. The summed E-state index contributed by atoms with van der Waals surface area (Å²) in [5.41, 5.74) is 1.14. The Kier molecular flexibility index (Phi) is 1.79. The Morgan fingerprint density at radius 3 is 2.92 bits per heavy atom. The van der Waals surface area contributed by atoms with E-state index in [0.29, 0.717) is 6.04 Å². The van der Waals surface area contributed by atoms with Crippen molar-refractivity contribution in [1.82, 2.24) is 9.78 Å². The van der Waals surface area contributed by atoms with Crippen molar-refractivity contribution in [2.24, 2.45) is 13.0 Å². The van der Waals surface area contributed by atoms with E-state index in [2.05, 4.69) is 17.3 Å². The maximum atomic E-state index is 4.10. The smallest absolute Gasteiger partial charge is 0.0728 e. The highest BCUT2D eigenvalue weighted by atomic mass is 15.3. The monoisotopic (exact) mass is 165 g/mol. The van der Waals surface area contributed by atoms with Crippen LogP contribution >= 0.6 is 0 Å². The summed E-state index contributed by atoms with van der Waals surface area (Å²) in [7, 11) is 1.94. The largest absolute Gasteiger partial charge is 0.380 e. The standard InChI is InChI=1S/C9H15N3/c1-7(8-3-4-8)11-9-5-10-12(2)6-9/h5-8,11H,3-4H2,1-2H3/t7-/m1/s1. The Hall–Kier alpha value is -0.990. The second-order valence-corrected chi connectivity index (χ2v) is 3.67. The lowest BCUT2D eigenvalue weighted by molar-refractivity contribution is 0.694. The number of aromatic nitrogens is 2. The predicted octanol–water partition coefficient (Wildman–Crippen LogP) is 1.63. The second kappa shape index (κ2) is 2.81. The predicted molar refractivity (Wildman–Crippen MR) is 49.0 cm³/mol. The van der Waals surface area contributed by atoms with Gasteiger partial charge in [-0.1, -0.05) is 0 Å². The fraction of sp³-hybridized carbons (Fsp3) is 0.667. The molecule has 66 valence electrons. The fourth-order valence-electron chi connectivity index (χ4n) is 1.47. The summed E-state index contributed by atoms with van der Waals surface area (Å²) >= 11 is 0. The van der Waals surface area contributed by atoms with Gasteiger partial charge in [0.2, 0.25) is 0 Å². The topological polar surface area (TPSA) is 29.9 Å². The Balaban J connectivity index is 1.93. The first-order chi connectivity index (χ1) is 5.75. The summed E-state index contributed by atoms with van der Waals surface area (Å²) in [6, 6.07) is 0.606. The van der Waals surface area contributed by atoms with Crippen LogP contribution in [0.5, 0.6) is 0 Å². The van der Waals surface area contributed by atoms with Crippen LogP contribution in [-0.4, -0.2) is 15.8 Å². The molecule has 0 bridgehead atoms. The van der Waals surface area contributed by atoms with Gasteiger partial charge in [-0.2, -0.15) is 5.10 Å². The average Bonchev–Trinajstić information content (AvgIpc) is 2.78. The van der Waals surface area contributed by atoms with Gasteiger partial charge >= 0.3 is 0 Å². The highest BCUT2D eigenvalue weighted by molar-refractivity contribution is 5.39. The third-order valence-electron chi connectivity index (χ3n) is 2.43. The molecule has 0 aromatic carbocycles. The van der Waals surface area contributed by atoms with Crippen molar-refractivity contribution < 1.29 is 0 Å². The normalized spacial score (nSPS) is 19.2. The van der Waals surface area contributed by atoms with Crippen LogP contribution in [0.2, 0.25) is 0 Å². The van der Waals surface area contributed by atoms with E-state index in [9.17, 15) is 0 Å². The van der Waals surface area contributed by atoms with Gasteiger partial charge in [0, 0.05) is 19.3 Å². The minimum atomic E-state index is 0.606. The lowest BCUT2D eigenvalue weighted by Crippen LogP contribution is -2.16. The quantitative estimate of drug-likeness (QED) is 0.737. The molecule has 0 unspecified atom stereocenters. The zero-order valence-electron chi connectivity index (χ0n) is 7.62. The molecule has 1 N–H and O–H groups in total. The van der Waals surface area contributed by atoms with E-state index >= 15 is 0 Å². The van der Waals surface area contributed by atoms with Crippen molar-refractivity contribution in [3.63, 3.8) is 0 Å². The molecule has 1 aliphatic rings. The molecular formula is C9H15N3. The molecule has 0 spiro atoms. The molecule has 1 atom stereocenters. The first-order valence-corrected chi connectivity index (χ1v) is 4.51. The third kappa shape index (κ3) is 1.60. The third-order valence-corrected chi connectivity index (χ3v) is 2.43. The van der Waals surface area contributed by atoms with Crippen molar-refractivity contribution in [2.45, 2.75) is 25.8 Å². The highest BCUT2D eigenvalue weighted by Gasteiger charge is 2.27. The van der Waals surface area contributed by atoms with Crippen molar-refractivity contribution >= 4 is 5.69 Å². The van der Waals surface area contributed by atoms with Gasteiger partial charge in [-0.15, -0.1) is 0 Å². The first kappa shape index (κ1) is 7.65. The van der Waals surface area contributed by atoms with Gasteiger partial charge in [0.25, 0.3) is 0 Å². The fourth-order valence-corrected chi connectivity index (χ4v) is 1.47. The summed E-state index contributed by atoms with van der Waals surface area (Å²) < 4.78 is 1.82. The molecule has 1 saturated carbocycles. The minimum absolute atomic E-state index is 0.606. The van der Waals surface area contributed by atoms with Crippen LogP contribution in [0.4, 0.5) is 5.69 Å². The number of hydrogen-bond donors (Lipinski definition) is 1. The molecular weight excluding hydrogens is 150 g/mol. The first-order valence-electron chi connectivity index (χ1n) is 4.51. The average molecular weight is 165 g/mol. The lowest BCUT2D eigenvalue weighted by Gasteiger charge is -2.11. The molecule has 2 rings (SSSR count). The molecule has 1 heterocycles. The Labute approximate surface area is 72.8 Å². The molecule has 1 fully saturated rings. The Morgan fingerprint density at radius 2 is 2.42 bits per heavy atom. The van der Waals surface area contributed by atoms with Crippen molar-refractivity contribution in [1.29, 1.82) is 0 Å². The number of nitrogens with zero attached hydrogens (tertiary/aromatic N) is 2. The molecule has 0 aliphatic heterocycles. The molecule has 0 saturated heterocycles. The number of rotatable bonds is 3. The van der Waals surface area contributed by atoms with Gasteiger partial charge in [0.05, 0.1) is 11.9 Å². The molecule has 0 radical (unpaired) electrons. The van der Waals surface area contributed by atoms with Crippen molar-refractivity contribution in [2.75, 3.05) is 5.32 Å². The van der Waals surface area contributed by atoms with E-state index in [0.717, 1.165) is 11.6 Å². The molecule has 1 aromatic heterocycles. The van der Waals surface area contributed by atoms with Crippen LogP contribution in [-0.2, 0) is 7.05 Å². The number of nitrogens with one attached hydrogen (secondary N) is 1. The number of hydrogen-bond acceptors (Lipinski definition) is 2. The Morgan fingerprint density at radius 1 is 1.67 bits per heavy atom. The second-order valence-electron chi connectivity index (χ2n) is 3.67. The van der Waals surface area contributed by atoms with Crippen molar-refractivity contribution in [3.8, 4) is 0 Å². The zero-order valence-corrected chi connectivity index (χ0v) is 7.62. The maximum absolute atomic E-state index is 4.10. The summed E-state index contributed by atoms with van der Waals surface area (Å²) in [5.74, 6) is 0.894. The Bertz CT molecular complexity index is 262. The van der Waals surface area contributed by atoms with Crippen LogP contribution in [0.15, 0.2) is 12.4 Å². The lowest BCUT2D eigenvalue weighted by atomic mass is 10.2. The summed E-state index contributed by atoms with van der Waals surface area (Å²) in [6.07, 6.45) is 6.65. The maximum Gasteiger partial charge on any atom is 0.0728 e. The highest BCUT2D eigenvalue weighted by Crippen LogP contribution is 2.33. The minimum Gasteiger partial charge on any atom is -0.380 e. The van der Waals surface area contributed by atoms with Crippen LogP contribution in [0, 0.1) is 5.92 Å². The summed E-state index contributed by atoms with van der Waals surface area (Å²) in [6.45, 7) is 2.24. The SMILES string of the molecule is C[C@@H](Nc1cnn(C)c1)C1CC1. The number of anilines is 1.